The normalized spacial score (nSPS) is 15.6. The molecule has 3 rings (SSSR count). The average Bonchev–Trinajstić information content (AvgIpc) is 3.26. The molecule has 0 aromatic rings. The Balaban J connectivity index is -0.000000118. The predicted molar refractivity (Wildman–Crippen MR) is 111 cm³/mol. The third kappa shape index (κ3) is 103. The molecular formula is C9H21I3S3. The molecule has 0 radical (unpaired) electrons. The fourth-order valence-electron chi connectivity index (χ4n) is 0. The minimum Gasteiger partial charge on any atom is -0.107 e. The maximum Gasteiger partial charge on any atom is -0.00784 e. The fraction of sp³-hybridized carbons (Fsp3) is 1.00. The van der Waals surface area contributed by atoms with Crippen LogP contribution in [0.2, 0.25) is 0 Å². The van der Waals surface area contributed by atoms with Crippen LogP contribution in [0.5, 0.6) is 0 Å². The summed E-state index contributed by atoms with van der Waals surface area (Å²) in [5.74, 6) is 0. The van der Waals surface area contributed by atoms with Crippen LogP contribution in [0.1, 0.15) is 57.8 Å². The van der Waals surface area contributed by atoms with Gasteiger partial charge in [0.2, 0.25) is 0 Å². The molecule has 0 nitrogen and oxygen atoms in total. The van der Waals surface area contributed by atoms with Crippen LogP contribution in [0.25, 0.3) is 0 Å². The van der Waals surface area contributed by atoms with Crippen LogP contribution in [0, 0.1) is 0 Å². The van der Waals surface area contributed by atoms with E-state index in [1.54, 1.807) is 0 Å². The lowest BCUT2D eigenvalue weighted by Gasteiger charge is -1.06. The Morgan fingerprint density at radius 3 is 0.400 bits per heavy atom. The summed E-state index contributed by atoms with van der Waals surface area (Å²) in [7, 11) is 10.5. The van der Waals surface area contributed by atoms with Crippen molar-refractivity contribution in [3.8, 4) is 0 Å². The minimum atomic E-state index is 1.50. The molecule has 0 spiro atoms. The first-order chi connectivity index (χ1) is 7.50. The van der Waals surface area contributed by atoms with E-state index in [0.29, 0.717) is 0 Å². The predicted octanol–water partition coefficient (Wildman–Crippen LogP) is 7.31. The smallest absolute Gasteiger partial charge is 0.00784 e. The van der Waals surface area contributed by atoms with Gasteiger partial charge in [-0.15, -0.1) is 29.4 Å². The van der Waals surface area contributed by atoms with Gasteiger partial charge in [0.15, 0.2) is 0 Å². The van der Waals surface area contributed by atoms with Gasteiger partial charge in [0.25, 0.3) is 0 Å². The van der Waals surface area contributed by atoms with E-state index in [0.717, 1.165) is 0 Å². The first-order valence-electron chi connectivity index (χ1n) is 5.01. The van der Waals surface area contributed by atoms with Crippen LogP contribution in [-0.4, -0.2) is 0 Å². The summed E-state index contributed by atoms with van der Waals surface area (Å²) in [6.45, 7) is 0. The fourth-order valence-corrected chi connectivity index (χ4v) is 0. The van der Waals surface area contributed by atoms with Crippen LogP contribution < -0.4 is 0 Å². The van der Waals surface area contributed by atoms with Gasteiger partial charge in [-0.1, -0.05) is 57.8 Å². The zero-order valence-corrected chi connectivity index (χ0v) is 18.0. The molecule has 0 aromatic heterocycles. The van der Waals surface area contributed by atoms with Crippen LogP contribution in [0.4, 0.5) is 0 Å². The zero-order chi connectivity index (χ0) is 12.4. The summed E-state index contributed by atoms with van der Waals surface area (Å²) in [4.78, 5) is 0. The van der Waals surface area contributed by atoms with Crippen molar-refractivity contribution >= 4 is 93.0 Å². The molecular weight excluding hydrogens is 585 g/mol. The molecule has 0 bridgehead atoms. The molecule has 3 saturated carbocycles. The quantitative estimate of drug-likeness (QED) is 0.187. The van der Waals surface area contributed by atoms with Gasteiger partial charge >= 0.3 is 0 Å². The number of rotatable bonds is 0. The van der Waals surface area contributed by atoms with Gasteiger partial charge in [-0.05, 0) is 63.6 Å². The number of thiol groups is 3. The molecule has 0 saturated heterocycles. The van der Waals surface area contributed by atoms with Crippen molar-refractivity contribution in [1.29, 1.82) is 0 Å². The van der Waals surface area contributed by atoms with E-state index in [1.165, 1.54) is 57.8 Å². The Labute approximate surface area is 148 Å². The van der Waals surface area contributed by atoms with Crippen LogP contribution in [0.3, 0.4) is 0 Å². The van der Waals surface area contributed by atoms with Crippen LogP contribution >= 0.6 is 93.0 Å². The van der Waals surface area contributed by atoms with Gasteiger partial charge in [-0.3, -0.25) is 0 Å². The van der Waals surface area contributed by atoms with Gasteiger partial charge in [0, 0.05) is 0 Å². The second-order valence-corrected chi connectivity index (χ2v) is 3.18. The molecule has 0 heterocycles. The second-order valence-electron chi connectivity index (χ2n) is 3.18. The Kier molecular flexibility index (Phi) is 47.2. The lowest BCUT2D eigenvalue weighted by Crippen LogP contribution is -0.856. The Morgan fingerprint density at radius 1 is 0.333 bits per heavy atom. The van der Waals surface area contributed by atoms with Crippen LogP contribution in [-0.2, 0) is 0 Å². The Morgan fingerprint density at radius 2 is 0.400 bits per heavy atom. The summed E-state index contributed by atoms with van der Waals surface area (Å²) in [6.07, 6.45) is 13.5. The van der Waals surface area contributed by atoms with Gasteiger partial charge in [-0.2, -0.15) is 0 Å². The topological polar surface area (TPSA) is 0 Å². The Bertz CT molecular complexity index is 49.1. The van der Waals surface area contributed by atoms with Gasteiger partial charge < -0.3 is 0 Å². The summed E-state index contributed by atoms with van der Waals surface area (Å²) >= 11 is 5.53. The third-order valence-corrected chi connectivity index (χ3v) is 1.06. The van der Waals surface area contributed by atoms with Gasteiger partial charge in [0.1, 0.15) is 0 Å². The standard InChI is InChI=1S/3C3H6.3HIS/c3*1-2-3-1;3*1-2/h3*1-3H2;3*2H. The molecule has 0 unspecified atom stereocenters. The van der Waals surface area contributed by atoms with Crippen molar-refractivity contribution in [3.63, 3.8) is 0 Å². The van der Waals surface area contributed by atoms with E-state index >= 15 is 0 Å². The maximum absolute atomic E-state index is 3.50. The first-order valence-corrected chi connectivity index (χ1v) is 14.7. The lowest BCUT2D eigenvalue weighted by molar-refractivity contribution is 1.50. The Hall–Kier alpha value is 3.24. The van der Waals surface area contributed by atoms with E-state index in [9.17, 15) is 0 Å². The number of halogens is 3. The zero-order valence-electron chi connectivity index (χ0n) is 8.84. The van der Waals surface area contributed by atoms with E-state index in [-0.39, 0.29) is 0 Å². The van der Waals surface area contributed by atoms with Gasteiger partial charge in [0.05, 0.1) is 0 Å². The molecule has 3 aliphatic rings. The molecule has 0 atom stereocenters. The molecule has 0 aliphatic heterocycles. The van der Waals surface area contributed by atoms with E-state index in [4.69, 9.17) is 0 Å². The molecule has 0 amide bonds. The highest BCUT2D eigenvalue weighted by Gasteiger charge is 1.95. The minimum absolute atomic E-state index is 1.50. The molecule has 0 aromatic carbocycles. The van der Waals surface area contributed by atoms with Gasteiger partial charge in [-0.25, -0.2) is 0 Å². The van der Waals surface area contributed by atoms with Crippen molar-refractivity contribution in [2.75, 3.05) is 0 Å². The maximum atomic E-state index is 3.50. The van der Waals surface area contributed by atoms with E-state index in [2.05, 4.69) is 29.4 Å². The highest BCUT2D eigenvalue weighted by atomic mass is 127. The summed E-state index contributed by atoms with van der Waals surface area (Å²) in [5, 5.41) is 0. The number of hydrogen-bond acceptors (Lipinski definition) is 3. The van der Waals surface area contributed by atoms with Crippen molar-refractivity contribution in [3.05, 3.63) is 0 Å². The largest absolute Gasteiger partial charge is 0.107 e. The molecule has 6 heteroatoms. The van der Waals surface area contributed by atoms with Crippen molar-refractivity contribution in [2.24, 2.45) is 0 Å². The molecule has 96 valence electrons. The summed E-state index contributed by atoms with van der Waals surface area (Å²) < 4.78 is 0. The summed E-state index contributed by atoms with van der Waals surface area (Å²) in [6, 6.07) is 0. The van der Waals surface area contributed by atoms with Crippen molar-refractivity contribution < 1.29 is 0 Å². The second kappa shape index (κ2) is 30.3. The molecule has 15 heavy (non-hydrogen) atoms. The highest BCUT2D eigenvalue weighted by molar-refractivity contribution is 14.2. The monoisotopic (exact) mass is 606 g/mol. The van der Waals surface area contributed by atoms with Crippen molar-refractivity contribution in [1.82, 2.24) is 0 Å². The summed E-state index contributed by atoms with van der Waals surface area (Å²) in [5.41, 5.74) is 0. The molecule has 0 N–H and O–H groups in total. The SMILES string of the molecule is C1CC1.C1CC1.C1CC1.SI.SI.SI. The lowest BCUT2D eigenvalue weighted by atomic mass is 11.0. The number of hydrogen-bond donors (Lipinski definition) is 3. The average molecular weight is 606 g/mol. The first kappa shape index (κ1) is 23.3. The molecule has 3 fully saturated rings. The third-order valence-electron chi connectivity index (χ3n) is 1.06. The van der Waals surface area contributed by atoms with Crippen LogP contribution in [0.15, 0.2) is 0 Å². The molecule has 3 aliphatic carbocycles. The van der Waals surface area contributed by atoms with E-state index in [1.807, 2.05) is 63.6 Å². The van der Waals surface area contributed by atoms with E-state index < -0.39 is 0 Å². The highest BCUT2D eigenvalue weighted by Crippen LogP contribution is 2.15. The van der Waals surface area contributed by atoms with Crippen molar-refractivity contribution in [2.45, 2.75) is 57.8 Å².